The Balaban J connectivity index is 1.65. The summed E-state index contributed by atoms with van der Waals surface area (Å²) in [6, 6.07) is 13.3. The van der Waals surface area contributed by atoms with Crippen molar-refractivity contribution in [3.8, 4) is 18.1 Å². The van der Waals surface area contributed by atoms with Crippen LogP contribution in [0.3, 0.4) is 0 Å². The van der Waals surface area contributed by atoms with Crippen molar-refractivity contribution in [2.24, 2.45) is 0 Å². The second kappa shape index (κ2) is 14.2. The summed E-state index contributed by atoms with van der Waals surface area (Å²) in [5, 5.41) is 0. The lowest BCUT2D eigenvalue weighted by molar-refractivity contribution is 0.0817. The molecule has 0 amide bonds. The van der Waals surface area contributed by atoms with Gasteiger partial charge >= 0.3 is 0 Å². The maximum atomic E-state index is 12.4. The molecule has 0 saturated heterocycles. The SMILES string of the molecule is C#Cc1ccc(C(=O)C(=O)c2ccc(OCCCCCCCCCCCC)cc2)cc1. The molecule has 0 radical (unpaired) electrons. The minimum absolute atomic E-state index is 0.338. The molecule has 31 heavy (non-hydrogen) atoms. The second-order valence-corrected chi connectivity index (χ2v) is 7.93. The third-order valence-electron chi connectivity index (χ3n) is 5.40. The molecule has 2 aromatic carbocycles. The molecule has 0 unspecified atom stereocenters. The van der Waals surface area contributed by atoms with E-state index in [1.165, 1.54) is 57.8 Å². The standard InChI is InChI=1S/C28H34O3/c1-3-5-6-7-8-9-10-11-12-13-22-31-26-20-18-25(19-21-26)28(30)27(29)24-16-14-23(4-2)15-17-24/h2,14-21H,3,5-13,22H2,1H3. The van der Waals surface area contributed by atoms with Crippen LogP contribution in [0.4, 0.5) is 0 Å². The van der Waals surface area contributed by atoms with Crippen LogP contribution in [0.25, 0.3) is 0 Å². The maximum Gasteiger partial charge on any atom is 0.233 e. The lowest BCUT2D eigenvalue weighted by Gasteiger charge is -2.07. The molecule has 2 aromatic rings. The zero-order valence-corrected chi connectivity index (χ0v) is 18.7. The number of hydrogen-bond acceptors (Lipinski definition) is 3. The smallest absolute Gasteiger partial charge is 0.233 e. The summed E-state index contributed by atoms with van der Waals surface area (Å²) in [4.78, 5) is 24.8. The van der Waals surface area contributed by atoms with Crippen LogP contribution in [0.1, 0.15) is 97.4 Å². The van der Waals surface area contributed by atoms with Crippen LogP contribution in [0.2, 0.25) is 0 Å². The van der Waals surface area contributed by atoms with Crippen molar-refractivity contribution in [3.63, 3.8) is 0 Å². The first kappa shape index (κ1) is 24.4. The van der Waals surface area contributed by atoms with E-state index in [2.05, 4.69) is 12.8 Å². The molecule has 0 atom stereocenters. The minimum Gasteiger partial charge on any atom is -0.494 e. The van der Waals surface area contributed by atoms with E-state index < -0.39 is 11.6 Å². The first-order valence-electron chi connectivity index (χ1n) is 11.5. The normalized spacial score (nSPS) is 10.5. The quantitative estimate of drug-likeness (QED) is 0.135. The zero-order chi connectivity index (χ0) is 22.3. The molecule has 0 aliphatic carbocycles. The number of Topliss-reactive ketones (excluding diaryl/α,β-unsaturated/α-hetero) is 2. The fourth-order valence-electron chi connectivity index (χ4n) is 3.46. The number of terminal acetylenes is 1. The van der Waals surface area contributed by atoms with Gasteiger partial charge in [-0.1, -0.05) is 70.6 Å². The number of ether oxygens (including phenoxy) is 1. The van der Waals surface area contributed by atoms with Crippen LogP contribution in [-0.4, -0.2) is 18.2 Å². The number of carbonyl (C=O) groups is 2. The number of rotatable bonds is 15. The van der Waals surface area contributed by atoms with Crippen LogP contribution >= 0.6 is 0 Å². The molecule has 0 fully saturated rings. The Morgan fingerprint density at radius 1 is 0.710 bits per heavy atom. The maximum absolute atomic E-state index is 12.4. The molecule has 0 aromatic heterocycles. The van der Waals surface area contributed by atoms with Crippen LogP contribution in [0.5, 0.6) is 5.75 Å². The largest absolute Gasteiger partial charge is 0.494 e. The molecule has 164 valence electrons. The molecular weight excluding hydrogens is 384 g/mol. The van der Waals surface area contributed by atoms with Gasteiger partial charge in [0.2, 0.25) is 11.6 Å². The Morgan fingerprint density at radius 2 is 1.16 bits per heavy atom. The fraction of sp³-hybridized carbons (Fsp3) is 0.429. The highest BCUT2D eigenvalue weighted by Gasteiger charge is 2.18. The molecule has 0 aliphatic heterocycles. The van der Waals surface area contributed by atoms with Crippen molar-refractivity contribution in [3.05, 3.63) is 65.2 Å². The zero-order valence-electron chi connectivity index (χ0n) is 18.7. The van der Waals surface area contributed by atoms with Gasteiger partial charge in [-0.15, -0.1) is 6.42 Å². The van der Waals surface area contributed by atoms with Crippen molar-refractivity contribution in [2.75, 3.05) is 6.61 Å². The topological polar surface area (TPSA) is 43.4 Å². The highest BCUT2D eigenvalue weighted by Crippen LogP contribution is 2.16. The Labute approximate surface area is 187 Å². The van der Waals surface area contributed by atoms with E-state index in [0.717, 1.165) is 12.2 Å². The van der Waals surface area contributed by atoms with Gasteiger partial charge in [0.25, 0.3) is 0 Å². The van der Waals surface area contributed by atoms with E-state index in [9.17, 15) is 9.59 Å². The third-order valence-corrected chi connectivity index (χ3v) is 5.40. The van der Waals surface area contributed by atoms with Crippen LogP contribution < -0.4 is 4.74 Å². The van der Waals surface area contributed by atoms with Gasteiger partial charge in [0.05, 0.1) is 6.61 Å². The van der Waals surface area contributed by atoms with E-state index >= 15 is 0 Å². The van der Waals surface area contributed by atoms with E-state index in [1.807, 2.05) is 0 Å². The number of hydrogen-bond donors (Lipinski definition) is 0. The van der Waals surface area contributed by atoms with Gasteiger partial charge < -0.3 is 4.74 Å². The lowest BCUT2D eigenvalue weighted by atomic mass is 10.0. The lowest BCUT2D eigenvalue weighted by Crippen LogP contribution is -2.14. The minimum atomic E-state index is -0.539. The summed E-state index contributed by atoms with van der Waals surface area (Å²) in [5.74, 6) is 2.14. The Morgan fingerprint density at radius 3 is 1.65 bits per heavy atom. The van der Waals surface area contributed by atoms with Crippen molar-refractivity contribution < 1.29 is 14.3 Å². The molecule has 2 rings (SSSR count). The van der Waals surface area contributed by atoms with Gasteiger partial charge in [-0.2, -0.15) is 0 Å². The Kier molecular flexibility index (Phi) is 11.2. The number of unbranched alkanes of at least 4 members (excludes halogenated alkanes) is 9. The molecular formula is C28H34O3. The monoisotopic (exact) mass is 418 g/mol. The predicted molar refractivity (Wildman–Crippen MR) is 127 cm³/mol. The van der Waals surface area contributed by atoms with Crippen LogP contribution in [0.15, 0.2) is 48.5 Å². The third kappa shape index (κ3) is 8.80. The van der Waals surface area contributed by atoms with Crippen LogP contribution in [-0.2, 0) is 0 Å². The molecule has 3 heteroatoms. The van der Waals surface area contributed by atoms with Gasteiger partial charge in [-0.3, -0.25) is 9.59 Å². The van der Waals surface area contributed by atoms with Crippen molar-refractivity contribution >= 4 is 11.6 Å². The van der Waals surface area contributed by atoms with Crippen molar-refractivity contribution in [1.82, 2.24) is 0 Å². The Bertz CT molecular complexity index is 841. The molecule has 0 bridgehead atoms. The molecule has 0 heterocycles. The van der Waals surface area contributed by atoms with Gasteiger partial charge in [-0.05, 0) is 55.0 Å². The van der Waals surface area contributed by atoms with E-state index in [-0.39, 0.29) is 0 Å². The summed E-state index contributed by atoms with van der Waals surface area (Å²) < 4.78 is 5.77. The molecule has 3 nitrogen and oxygen atoms in total. The van der Waals surface area contributed by atoms with Crippen molar-refractivity contribution in [1.29, 1.82) is 0 Å². The van der Waals surface area contributed by atoms with E-state index in [4.69, 9.17) is 11.2 Å². The van der Waals surface area contributed by atoms with Crippen molar-refractivity contribution in [2.45, 2.75) is 71.1 Å². The summed E-state index contributed by atoms with van der Waals surface area (Å²) >= 11 is 0. The van der Waals surface area contributed by atoms with Gasteiger partial charge in [0.1, 0.15) is 5.75 Å². The Hall–Kier alpha value is -2.86. The molecule has 0 aliphatic rings. The first-order valence-corrected chi connectivity index (χ1v) is 11.5. The van der Waals surface area contributed by atoms with Gasteiger partial charge in [0, 0.05) is 16.7 Å². The highest BCUT2D eigenvalue weighted by atomic mass is 16.5. The molecule has 0 spiro atoms. The van der Waals surface area contributed by atoms with Crippen LogP contribution in [0, 0.1) is 12.3 Å². The number of carbonyl (C=O) groups excluding carboxylic acids is 2. The summed E-state index contributed by atoms with van der Waals surface area (Å²) in [6.45, 7) is 2.92. The summed E-state index contributed by atoms with van der Waals surface area (Å²) in [7, 11) is 0. The number of benzene rings is 2. The highest BCUT2D eigenvalue weighted by molar-refractivity contribution is 6.49. The predicted octanol–water partition coefficient (Wildman–Crippen LogP) is 7.03. The molecule has 0 N–H and O–H groups in total. The molecule has 0 saturated carbocycles. The van der Waals surface area contributed by atoms with E-state index in [0.29, 0.717) is 23.3 Å². The fourth-order valence-corrected chi connectivity index (χ4v) is 3.46. The summed E-state index contributed by atoms with van der Waals surface area (Å²) in [6.07, 6.45) is 18.2. The van der Waals surface area contributed by atoms with Gasteiger partial charge in [0.15, 0.2) is 0 Å². The van der Waals surface area contributed by atoms with Gasteiger partial charge in [-0.25, -0.2) is 0 Å². The number of ketones is 2. The average Bonchev–Trinajstić information content (AvgIpc) is 2.82. The van der Waals surface area contributed by atoms with E-state index in [1.54, 1.807) is 48.5 Å². The first-order chi connectivity index (χ1) is 15.2. The second-order valence-electron chi connectivity index (χ2n) is 7.93. The summed E-state index contributed by atoms with van der Waals surface area (Å²) in [5.41, 5.74) is 1.37. The average molecular weight is 419 g/mol.